The van der Waals surface area contributed by atoms with Crippen LogP contribution in [0.15, 0.2) is 47.4 Å². The number of unbranched alkanes of at least 4 members (excludes halogenated alkanes) is 1. The number of rotatable bonds is 10. The van der Waals surface area contributed by atoms with E-state index in [0.29, 0.717) is 29.4 Å². The molecule has 2 aromatic carbocycles. The molecule has 240 valence electrons. The Morgan fingerprint density at radius 2 is 1.80 bits per heavy atom. The predicted octanol–water partition coefficient (Wildman–Crippen LogP) is 4.82. The number of aliphatic carboxylic acids is 1. The van der Waals surface area contributed by atoms with E-state index in [1.54, 1.807) is 13.1 Å². The number of carboxylic acids is 1. The van der Waals surface area contributed by atoms with Crippen LogP contribution in [-0.2, 0) is 30.8 Å². The lowest BCUT2D eigenvalue weighted by Gasteiger charge is -2.36. The van der Waals surface area contributed by atoms with Gasteiger partial charge >= 0.3 is 17.8 Å². The SMILES string of the molecule is CCCCN(C)C(=O)C(=O)N[C@@H](CCc1cc2c(cc1Cl)N(c1ccccc1)C[C@@H](C1CCCCC1)N(C)S2(=O)=O)C(=O)O. The molecule has 0 saturated heterocycles. The summed E-state index contributed by atoms with van der Waals surface area (Å²) in [6.45, 7) is 2.82. The van der Waals surface area contributed by atoms with E-state index < -0.39 is 33.8 Å². The van der Waals surface area contributed by atoms with Crippen LogP contribution in [0, 0.1) is 5.92 Å². The predicted molar refractivity (Wildman–Crippen MR) is 171 cm³/mol. The molecule has 0 bridgehead atoms. The summed E-state index contributed by atoms with van der Waals surface area (Å²) in [5.41, 5.74) is 1.77. The molecule has 0 radical (unpaired) electrons. The number of carbonyl (C=O) groups excluding carboxylic acids is 2. The number of nitrogens with zero attached hydrogens (tertiary/aromatic N) is 3. The molecule has 2 N–H and O–H groups in total. The van der Waals surface area contributed by atoms with E-state index in [9.17, 15) is 27.9 Å². The van der Waals surface area contributed by atoms with E-state index in [0.717, 1.165) is 50.6 Å². The molecule has 1 aliphatic heterocycles. The molecule has 12 heteroatoms. The molecule has 1 aliphatic carbocycles. The third-order valence-corrected chi connectivity index (χ3v) is 11.1. The number of para-hydroxylation sites is 1. The van der Waals surface area contributed by atoms with Gasteiger partial charge in [0, 0.05) is 43.9 Å². The number of amides is 2. The number of carbonyl (C=O) groups is 3. The summed E-state index contributed by atoms with van der Waals surface area (Å²) in [6.07, 6.45) is 6.78. The van der Waals surface area contributed by atoms with Gasteiger partial charge in [-0.05, 0) is 67.9 Å². The minimum absolute atomic E-state index is 0.0693. The molecule has 1 fully saturated rings. The number of aryl methyl sites for hydroxylation is 1. The fraction of sp³-hybridized carbons (Fsp3) is 0.531. The fourth-order valence-electron chi connectivity index (χ4n) is 6.19. The van der Waals surface area contributed by atoms with Crippen LogP contribution in [-0.4, -0.2) is 79.8 Å². The average Bonchev–Trinajstić information content (AvgIpc) is 3.10. The van der Waals surface area contributed by atoms with E-state index in [1.165, 1.54) is 22.3 Å². The second kappa shape index (κ2) is 14.8. The topological polar surface area (TPSA) is 127 Å². The number of fused-ring (bicyclic) bond motifs is 1. The zero-order valence-corrected chi connectivity index (χ0v) is 27.2. The lowest BCUT2D eigenvalue weighted by Crippen LogP contribution is -2.48. The number of hydrogen-bond donors (Lipinski definition) is 2. The minimum Gasteiger partial charge on any atom is -0.480 e. The summed E-state index contributed by atoms with van der Waals surface area (Å²) < 4.78 is 29.9. The number of nitrogens with one attached hydrogen (secondary N) is 1. The van der Waals surface area contributed by atoms with Crippen molar-refractivity contribution in [2.75, 3.05) is 32.1 Å². The Hall–Kier alpha value is -3.15. The van der Waals surface area contributed by atoms with Crippen molar-refractivity contribution in [1.82, 2.24) is 14.5 Å². The zero-order chi connectivity index (χ0) is 32.0. The maximum absolute atomic E-state index is 14.2. The summed E-state index contributed by atoms with van der Waals surface area (Å²) in [6, 6.07) is 11.2. The van der Waals surface area contributed by atoms with Crippen LogP contribution in [0.2, 0.25) is 5.02 Å². The smallest absolute Gasteiger partial charge is 0.326 e. The van der Waals surface area contributed by atoms with Crippen molar-refractivity contribution >= 4 is 50.8 Å². The van der Waals surface area contributed by atoms with Crippen LogP contribution in [0.1, 0.15) is 63.9 Å². The molecule has 4 rings (SSSR count). The first kappa shape index (κ1) is 33.7. The van der Waals surface area contributed by atoms with Crippen molar-refractivity contribution in [3.8, 4) is 0 Å². The number of likely N-dealkylation sites (N-methyl/N-ethyl adjacent to an activating group) is 2. The normalized spacial score (nSPS) is 19.5. The van der Waals surface area contributed by atoms with Crippen molar-refractivity contribution in [2.24, 2.45) is 5.92 Å². The largest absolute Gasteiger partial charge is 0.480 e. The van der Waals surface area contributed by atoms with Gasteiger partial charge in [0.15, 0.2) is 0 Å². The molecule has 2 atom stereocenters. The number of halogens is 1. The van der Waals surface area contributed by atoms with Gasteiger partial charge in [-0.2, -0.15) is 4.31 Å². The molecule has 0 spiro atoms. The van der Waals surface area contributed by atoms with Gasteiger partial charge in [-0.25, -0.2) is 13.2 Å². The van der Waals surface area contributed by atoms with Crippen LogP contribution >= 0.6 is 11.6 Å². The van der Waals surface area contributed by atoms with Gasteiger partial charge in [0.25, 0.3) is 0 Å². The summed E-state index contributed by atoms with van der Waals surface area (Å²) in [4.78, 5) is 40.4. The molecule has 2 aliphatic rings. The van der Waals surface area contributed by atoms with Crippen LogP contribution in [0.3, 0.4) is 0 Å². The summed E-state index contributed by atoms with van der Waals surface area (Å²) in [5, 5.41) is 12.4. The van der Waals surface area contributed by atoms with Crippen molar-refractivity contribution < 1.29 is 27.9 Å². The lowest BCUT2D eigenvalue weighted by molar-refractivity contribution is -0.148. The molecule has 0 aromatic heterocycles. The molecule has 10 nitrogen and oxygen atoms in total. The molecule has 44 heavy (non-hydrogen) atoms. The molecule has 2 aromatic rings. The third-order valence-electron chi connectivity index (χ3n) is 8.87. The monoisotopic (exact) mass is 646 g/mol. The lowest BCUT2D eigenvalue weighted by atomic mass is 9.83. The molecule has 1 saturated carbocycles. The third kappa shape index (κ3) is 7.55. The highest BCUT2D eigenvalue weighted by Gasteiger charge is 2.41. The minimum atomic E-state index is -3.94. The Morgan fingerprint density at radius 1 is 1.11 bits per heavy atom. The Kier molecular flexibility index (Phi) is 11.3. The highest BCUT2D eigenvalue weighted by Crippen LogP contribution is 2.42. The standard InChI is InChI=1S/C32H43ClN4O6S/c1-4-5-18-35(2)31(39)30(38)34-26(32(40)41)17-16-23-19-29-27(20-25(23)33)37(24-14-10-7-11-15-24)21-28(36(3)44(29,42)43)22-12-8-6-9-13-22/h7,10-11,14-15,19-20,22,26,28H,4-6,8-9,12-13,16-18,21H2,1-3H3,(H,34,38)(H,40,41)/t26-,28-/m0/s1. The average molecular weight is 647 g/mol. The van der Waals surface area contributed by atoms with Gasteiger partial charge in [0.05, 0.1) is 5.69 Å². The van der Waals surface area contributed by atoms with E-state index >= 15 is 0 Å². The van der Waals surface area contributed by atoms with Gasteiger partial charge in [0.1, 0.15) is 10.9 Å². The van der Waals surface area contributed by atoms with Crippen molar-refractivity contribution in [3.05, 3.63) is 53.1 Å². The van der Waals surface area contributed by atoms with Crippen LogP contribution in [0.5, 0.6) is 0 Å². The Bertz CT molecular complexity index is 1450. The number of sulfonamides is 1. The van der Waals surface area contributed by atoms with E-state index in [2.05, 4.69) is 5.32 Å². The zero-order valence-electron chi connectivity index (χ0n) is 25.7. The maximum atomic E-state index is 14.2. The molecular weight excluding hydrogens is 604 g/mol. The van der Waals surface area contributed by atoms with E-state index in [4.69, 9.17) is 11.6 Å². The van der Waals surface area contributed by atoms with E-state index in [-0.39, 0.29) is 29.7 Å². The highest BCUT2D eigenvalue weighted by molar-refractivity contribution is 7.89. The Balaban J connectivity index is 1.64. The molecular formula is C32H43ClN4O6S. The molecule has 1 heterocycles. The van der Waals surface area contributed by atoms with Crippen molar-refractivity contribution in [2.45, 2.75) is 81.7 Å². The van der Waals surface area contributed by atoms with Gasteiger partial charge in [-0.1, -0.05) is 62.4 Å². The molecule has 2 amide bonds. The quantitative estimate of drug-likeness (QED) is 0.354. The van der Waals surface area contributed by atoms with Gasteiger partial charge < -0.3 is 20.2 Å². The number of anilines is 2. The second-order valence-electron chi connectivity index (χ2n) is 11.8. The number of benzene rings is 2. The first-order chi connectivity index (χ1) is 20.9. The maximum Gasteiger partial charge on any atom is 0.326 e. The summed E-state index contributed by atoms with van der Waals surface area (Å²) in [7, 11) is -0.799. The number of hydrogen-bond acceptors (Lipinski definition) is 6. The highest BCUT2D eigenvalue weighted by atomic mass is 35.5. The van der Waals surface area contributed by atoms with Crippen LogP contribution in [0.25, 0.3) is 0 Å². The summed E-state index contributed by atoms with van der Waals surface area (Å²) >= 11 is 6.76. The van der Waals surface area contributed by atoms with E-state index in [1.807, 2.05) is 42.2 Å². The van der Waals surface area contributed by atoms with Gasteiger partial charge in [-0.3, -0.25) is 9.59 Å². The molecule has 0 unspecified atom stereocenters. The van der Waals surface area contributed by atoms with Crippen LogP contribution < -0.4 is 10.2 Å². The first-order valence-corrected chi connectivity index (χ1v) is 17.2. The fourth-order valence-corrected chi connectivity index (χ4v) is 8.08. The van der Waals surface area contributed by atoms with Gasteiger partial charge in [-0.15, -0.1) is 0 Å². The van der Waals surface area contributed by atoms with Gasteiger partial charge in [0.2, 0.25) is 10.0 Å². The second-order valence-corrected chi connectivity index (χ2v) is 14.2. The van der Waals surface area contributed by atoms with Crippen molar-refractivity contribution in [3.63, 3.8) is 0 Å². The first-order valence-electron chi connectivity index (χ1n) is 15.4. The summed E-state index contributed by atoms with van der Waals surface area (Å²) in [5.74, 6) is -2.88. The Morgan fingerprint density at radius 3 is 2.43 bits per heavy atom. The number of carboxylic acid groups (broad SMARTS) is 1. The van der Waals surface area contributed by atoms with Crippen LogP contribution in [0.4, 0.5) is 11.4 Å². The Labute approximate surface area is 265 Å². The van der Waals surface area contributed by atoms with Crippen molar-refractivity contribution in [1.29, 1.82) is 0 Å².